The number of carbonyl (C=O) groups is 1. The Morgan fingerprint density at radius 3 is 2.62 bits per heavy atom. The van der Waals surface area contributed by atoms with Crippen molar-refractivity contribution in [3.05, 3.63) is 83.4 Å². The minimum Gasteiger partial charge on any atom is -0.481 e. The number of carboxylic acids is 1. The van der Waals surface area contributed by atoms with Crippen LogP contribution in [0, 0.1) is 5.82 Å². The summed E-state index contributed by atoms with van der Waals surface area (Å²) in [5, 5.41) is 15.7. The summed E-state index contributed by atoms with van der Waals surface area (Å²) in [6.45, 7) is 2.26. The van der Waals surface area contributed by atoms with Crippen molar-refractivity contribution in [1.29, 1.82) is 0 Å². The Balaban J connectivity index is 1.46. The fourth-order valence-electron chi connectivity index (χ4n) is 3.34. The maximum atomic E-state index is 13.3. The number of aliphatic carboxylic acids is 1. The number of benzene rings is 2. The quantitative estimate of drug-likeness (QED) is 0.499. The minimum atomic E-state index is -0.983. The molecule has 0 saturated heterocycles. The highest BCUT2D eigenvalue weighted by atomic mass is 19.1. The van der Waals surface area contributed by atoms with Gasteiger partial charge in [-0.1, -0.05) is 24.3 Å². The van der Waals surface area contributed by atoms with Gasteiger partial charge in [0.05, 0.1) is 18.7 Å². The Hall–Kier alpha value is -4.01. The zero-order valence-electron chi connectivity index (χ0n) is 17.2. The Bertz CT molecular complexity index is 1100. The molecule has 0 radical (unpaired) electrons. The molecule has 3 aromatic rings. The van der Waals surface area contributed by atoms with E-state index in [4.69, 9.17) is 4.74 Å². The van der Waals surface area contributed by atoms with E-state index in [1.54, 1.807) is 18.2 Å². The first-order valence-corrected chi connectivity index (χ1v) is 10.2. The third-order valence-electron chi connectivity index (χ3n) is 4.93. The van der Waals surface area contributed by atoms with E-state index in [1.807, 2.05) is 24.3 Å². The molecule has 0 fully saturated rings. The lowest BCUT2D eigenvalue weighted by Crippen LogP contribution is -2.33. The minimum absolute atomic E-state index is 0.107. The molecule has 8 nitrogen and oxygen atoms in total. The Morgan fingerprint density at radius 2 is 1.94 bits per heavy atom. The van der Waals surface area contributed by atoms with Gasteiger partial charge in [-0.25, -0.2) is 9.37 Å². The summed E-state index contributed by atoms with van der Waals surface area (Å²) in [5.41, 5.74) is 2.19. The molecule has 0 saturated carbocycles. The van der Waals surface area contributed by atoms with Crippen molar-refractivity contribution in [2.45, 2.75) is 18.9 Å². The van der Waals surface area contributed by atoms with Gasteiger partial charge in [0.15, 0.2) is 5.96 Å². The van der Waals surface area contributed by atoms with E-state index >= 15 is 0 Å². The van der Waals surface area contributed by atoms with Crippen molar-refractivity contribution < 1.29 is 19.0 Å². The number of rotatable bonds is 8. The van der Waals surface area contributed by atoms with Gasteiger partial charge >= 0.3 is 12.0 Å². The molecule has 164 valence electrons. The van der Waals surface area contributed by atoms with Gasteiger partial charge in [-0.05, 0) is 41.5 Å². The summed E-state index contributed by atoms with van der Waals surface area (Å²) in [7, 11) is 0. The predicted octanol–water partition coefficient (Wildman–Crippen LogP) is 3.06. The van der Waals surface area contributed by atoms with Crippen molar-refractivity contribution in [3.8, 4) is 11.8 Å². The molecule has 1 aliphatic heterocycles. The first-order chi connectivity index (χ1) is 15.6. The van der Waals surface area contributed by atoms with Crippen LogP contribution in [0.15, 0.2) is 65.8 Å². The number of hydrogen-bond acceptors (Lipinski definition) is 7. The molecule has 9 heteroatoms. The van der Waals surface area contributed by atoms with Crippen molar-refractivity contribution in [1.82, 2.24) is 20.6 Å². The van der Waals surface area contributed by atoms with Crippen molar-refractivity contribution in [3.63, 3.8) is 0 Å². The standard InChI is InChI=1S/C23H22FN5O3/c24-17-5-3-16(4-6-17)19(13-21(30)31)20-9-10-27-23(29-20)32-18-7-1-15(2-8-18)14-28-22-25-11-12-26-22/h1-10,19H,11-14H2,(H,30,31)(H2,25,26,28). The van der Waals surface area contributed by atoms with Crippen LogP contribution in [0.1, 0.15) is 29.2 Å². The number of aliphatic imine (C=N–C) groups is 1. The molecule has 1 aromatic heterocycles. The van der Waals surface area contributed by atoms with Crippen molar-refractivity contribution in [2.75, 3.05) is 13.1 Å². The van der Waals surface area contributed by atoms with Crippen LogP contribution in [0.4, 0.5) is 4.39 Å². The van der Waals surface area contributed by atoms with E-state index in [0.29, 0.717) is 23.6 Å². The zero-order valence-corrected chi connectivity index (χ0v) is 17.2. The maximum Gasteiger partial charge on any atom is 0.322 e. The lowest BCUT2D eigenvalue weighted by Gasteiger charge is -2.15. The fraction of sp³-hybridized carbons (Fsp3) is 0.217. The van der Waals surface area contributed by atoms with Crippen LogP contribution in [0.3, 0.4) is 0 Å². The average molecular weight is 435 g/mol. The summed E-state index contributed by atoms with van der Waals surface area (Å²) in [4.78, 5) is 24.2. The molecule has 32 heavy (non-hydrogen) atoms. The van der Waals surface area contributed by atoms with Crippen LogP contribution in [0.2, 0.25) is 0 Å². The van der Waals surface area contributed by atoms with Crippen LogP contribution in [0.5, 0.6) is 11.8 Å². The van der Waals surface area contributed by atoms with Gasteiger partial charge in [-0.2, -0.15) is 4.98 Å². The first kappa shape index (κ1) is 21.2. The average Bonchev–Trinajstić information content (AvgIpc) is 3.32. The maximum absolute atomic E-state index is 13.3. The Morgan fingerprint density at radius 1 is 1.16 bits per heavy atom. The number of halogens is 1. The summed E-state index contributed by atoms with van der Waals surface area (Å²) in [6.07, 6.45) is 1.33. The van der Waals surface area contributed by atoms with E-state index in [2.05, 4.69) is 25.6 Å². The number of guanidine groups is 1. The number of carboxylic acid groups (broad SMARTS) is 1. The monoisotopic (exact) mass is 435 g/mol. The molecular formula is C23H22FN5O3. The van der Waals surface area contributed by atoms with Gasteiger partial charge < -0.3 is 20.5 Å². The lowest BCUT2D eigenvalue weighted by atomic mass is 9.92. The summed E-state index contributed by atoms with van der Waals surface area (Å²) < 4.78 is 19.1. The summed E-state index contributed by atoms with van der Waals surface area (Å²) in [5.74, 6) is -0.575. The van der Waals surface area contributed by atoms with Crippen LogP contribution >= 0.6 is 0 Å². The Kier molecular flexibility index (Phi) is 6.54. The van der Waals surface area contributed by atoms with Crippen molar-refractivity contribution >= 4 is 11.9 Å². The number of nitrogens with one attached hydrogen (secondary N) is 2. The van der Waals surface area contributed by atoms with Crippen LogP contribution in [-0.4, -0.2) is 40.1 Å². The van der Waals surface area contributed by atoms with Gasteiger partial charge in [-0.15, -0.1) is 0 Å². The van der Waals surface area contributed by atoms with E-state index in [9.17, 15) is 14.3 Å². The van der Waals surface area contributed by atoms with Gasteiger partial charge in [0, 0.05) is 25.2 Å². The van der Waals surface area contributed by atoms with E-state index in [0.717, 1.165) is 24.6 Å². The molecule has 1 atom stereocenters. The van der Waals surface area contributed by atoms with Gasteiger partial charge in [-0.3, -0.25) is 9.79 Å². The van der Waals surface area contributed by atoms with Gasteiger partial charge in [0.1, 0.15) is 11.6 Å². The molecule has 0 aliphatic carbocycles. The highest BCUT2D eigenvalue weighted by Gasteiger charge is 2.20. The van der Waals surface area contributed by atoms with Crippen LogP contribution in [-0.2, 0) is 11.3 Å². The molecule has 0 spiro atoms. The van der Waals surface area contributed by atoms with E-state index in [1.165, 1.54) is 18.3 Å². The summed E-state index contributed by atoms with van der Waals surface area (Å²) in [6, 6.07) is 14.9. The molecule has 1 aliphatic rings. The highest BCUT2D eigenvalue weighted by molar-refractivity contribution is 5.81. The van der Waals surface area contributed by atoms with Crippen LogP contribution in [0.25, 0.3) is 0 Å². The molecule has 3 N–H and O–H groups in total. The third-order valence-corrected chi connectivity index (χ3v) is 4.93. The van der Waals surface area contributed by atoms with Crippen LogP contribution < -0.4 is 15.4 Å². The fourth-order valence-corrected chi connectivity index (χ4v) is 3.34. The second-order valence-electron chi connectivity index (χ2n) is 7.22. The van der Waals surface area contributed by atoms with Crippen molar-refractivity contribution in [2.24, 2.45) is 4.99 Å². The second-order valence-corrected chi connectivity index (χ2v) is 7.22. The van der Waals surface area contributed by atoms with E-state index in [-0.39, 0.29) is 18.2 Å². The smallest absolute Gasteiger partial charge is 0.322 e. The summed E-state index contributed by atoms with van der Waals surface area (Å²) >= 11 is 0. The second kappa shape index (κ2) is 9.86. The molecular weight excluding hydrogens is 413 g/mol. The first-order valence-electron chi connectivity index (χ1n) is 10.2. The van der Waals surface area contributed by atoms with Gasteiger partial charge in [0.2, 0.25) is 0 Å². The predicted molar refractivity (Wildman–Crippen MR) is 116 cm³/mol. The lowest BCUT2D eigenvalue weighted by molar-refractivity contribution is -0.137. The molecule has 2 heterocycles. The third kappa shape index (κ3) is 5.57. The topological polar surface area (TPSA) is 109 Å². The normalized spacial score (nSPS) is 13.7. The molecule has 2 aromatic carbocycles. The highest BCUT2D eigenvalue weighted by Crippen LogP contribution is 2.28. The SMILES string of the molecule is O=C(O)CC(c1ccc(F)cc1)c1ccnc(Oc2ccc(CNC3=NCCN3)cc2)n1. The van der Waals surface area contributed by atoms with Gasteiger partial charge in [0.25, 0.3) is 0 Å². The molecule has 1 unspecified atom stereocenters. The molecule has 4 rings (SSSR count). The molecule has 0 bridgehead atoms. The number of hydrogen-bond donors (Lipinski definition) is 3. The largest absolute Gasteiger partial charge is 0.481 e. The zero-order chi connectivity index (χ0) is 22.3. The van der Waals surface area contributed by atoms with E-state index < -0.39 is 11.9 Å². The number of nitrogens with zero attached hydrogens (tertiary/aromatic N) is 3. The molecule has 0 amide bonds. The Labute approximate surface area is 184 Å². The number of ether oxygens (including phenoxy) is 1. The number of aromatic nitrogens is 2.